The van der Waals surface area contributed by atoms with E-state index in [1.807, 2.05) is 12.1 Å². The number of sulfone groups is 1. The summed E-state index contributed by atoms with van der Waals surface area (Å²) < 4.78 is 22.7. The average Bonchev–Trinajstić information content (AvgIpc) is 2.93. The Morgan fingerprint density at radius 1 is 1.16 bits per heavy atom. The molecule has 0 aliphatic carbocycles. The van der Waals surface area contributed by atoms with E-state index in [-0.39, 0.29) is 23.6 Å². The van der Waals surface area contributed by atoms with Crippen molar-refractivity contribution in [2.45, 2.75) is 18.2 Å². The first-order valence-electron chi connectivity index (χ1n) is 8.33. The lowest BCUT2D eigenvalue weighted by molar-refractivity contribution is 0.238. The zero-order valence-corrected chi connectivity index (χ0v) is 15.5. The van der Waals surface area contributed by atoms with Gasteiger partial charge in [-0.1, -0.05) is 42.5 Å². The highest BCUT2D eigenvalue weighted by molar-refractivity contribution is 7.98. The highest BCUT2D eigenvalue weighted by Gasteiger charge is 2.28. The SMILES string of the molecule is O=C(NCCSCc1cccc2ccccc12)N[C@@H]1CCS(=O)(=O)C1. The van der Waals surface area contributed by atoms with Crippen LogP contribution in [0.2, 0.25) is 0 Å². The van der Waals surface area contributed by atoms with Gasteiger partial charge < -0.3 is 10.6 Å². The van der Waals surface area contributed by atoms with E-state index in [2.05, 4.69) is 41.0 Å². The van der Waals surface area contributed by atoms with Gasteiger partial charge in [-0.05, 0) is 22.8 Å². The van der Waals surface area contributed by atoms with Crippen LogP contribution in [0.15, 0.2) is 42.5 Å². The fourth-order valence-corrected chi connectivity index (χ4v) is 5.52. The molecule has 1 fully saturated rings. The third kappa shape index (κ3) is 5.12. The van der Waals surface area contributed by atoms with Crippen LogP contribution in [0.4, 0.5) is 4.79 Å². The molecular weight excluding hydrogens is 356 g/mol. The van der Waals surface area contributed by atoms with Crippen LogP contribution < -0.4 is 10.6 Å². The minimum atomic E-state index is -2.97. The van der Waals surface area contributed by atoms with Crippen molar-refractivity contribution < 1.29 is 13.2 Å². The van der Waals surface area contributed by atoms with Crippen molar-refractivity contribution in [3.05, 3.63) is 48.0 Å². The quantitative estimate of drug-likeness (QED) is 0.758. The molecule has 0 bridgehead atoms. The number of carbonyl (C=O) groups is 1. The summed E-state index contributed by atoms with van der Waals surface area (Å²) in [4.78, 5) is 11.8. The van der Waals surface area contributed by atoms with Crippen molar-refractivity contribution in [2.24, 2.45) is 0 Å². The standard InChI is InChI=1S/C18H22N2O3S2/c21-18(20-16-8-11-25(22,23)13-16)19-9-10-24-12-15-6-3-5-14-4-1-2-7-17(14)15/h1-7,16H,8-13H2,(H2,19,20,21)/t16-/m1/s1. The lowest BCUT2D eigenvalue weighted by Crippen LogP contribution is -2.43. The zero-order valence-electron chi connectivity index (χ0n) is 13.9. The predicted molar refractivity (Wildman–Crippen MR) is 104 cm³/mol. The Bertz CT molecular complexity index is 847. The van der Waals surface area contributed by atoms with Gasteiger partial charge in [0.25, 0.3) is 0 Å². The number of thioether (sulfide) groups is 1. The first kappa shape index (κ1) is 18.1. The zero-order chi connectivity index (χ0) is 17.7. The maximum atomic E-state index is 11.8. The Hall–Kier alpha value is -1.73. The van der Waals surface area contributed by atoms with Crippen LogP contribution in [0.3, 0.4) is 0 Å². The van der Waals surface area contributed by atoms with Crippen molar-refractivity contribution in [2.75, 3.05) is 23.8 Å². The molecule has 2 N–H and O–H groups in total. The van der Waals surface area contributed by atoms with Crippen molar-refractivity contribution in [3.63, 3.8) is 0 Å². The average molecular weight is 379 g/mol. The second-order valence-electron chi connectivity index (χ2n) is 6.19. The van der Waals surface area contributed by atoms with E-state index in [1.165, 1.54) is 16.3 Å². The Balaban J connectivity index is 1.38. The van der Waals surface area contributed by atoms with Crippen LogP contribution >= 0.6 is 11.8 Å². The van der Waals surface area contributed by atoms with Gasteiger partial charge in [0.2, 0.25) is 0 Å². The first-order chi connectivity index (χ1) is 12.0. The van der Waals surface area contributed by atoms with Gasteiger partial charge in [-0.2, -0.15) is 11.8 Å². The van der Waals surface area contributed by atoms with E-state index in [9.17, 15) is 13.2 Å². The number of urea groups is 1. The van der Waals surface area contributed by atoms with Gasteiger partial charge in [0.05, 0.1) is 11.5 Å². The molecule has 3 rings (SSSR count). The van der Waals surface area contributed by atoms with Crippen molar-refractivity contribution in [3.8, 4) is 0 Å². The number of amides is 2. The van der Waals surface area contributed by atoms with E-state index >= 15 is 0 Å². The van der Waals surface area contributed by atoms with Gasteiger partial charge in [-0.3, -0.25) is 0 Å². The molecule has 0 spiro atoms. The van der Waals surface area contributed by atoms with Crippen molar-refractivity contribution in [1.29, 1.82) is 0 Å². The molecule has 1 heterocycles. The minimum Gasteiger partial charge on any atom is -0.337 e. The summed E-state index contributed by atoms with van der Waals surface area (Å²) in [5.74, 6) is 1.92. The molecule has 2 amide bonds. The third-order valence-electron chi connectivity index (χ3n) is 4.24. The van der Waals surface area contributed by atoms with E-state index in [4.69, 9.17) is 0 Å². The lowest BCUT2D eigenvalue weighted by atomic mass is 10.1. The molecular formula is C18H22N2O3S2. The molecule has 134 valence electrons. The smallest absolute Gasteiger partial charge is 0.315 e. The molecule has 0 radical (unpaired) electrons. The van der Waals surface area contributed by atoms with Crippen molar-refractivity contribution in [1.82, 2.24) is 10.6 Å². The summed E-state index contributed by atoms with van der Waals surface area (Å²) in [5, 5.41) is 8.03. The number of nitrogens with one attached hydrogen (secondary N) is 2. The van der Waals surface area contributed by atoms with Gasteiger partial charge in [0, 0.05) is 24.1 Å². The fraction of sp³-hybridized carbons (Fsp3) is 0.389. The molecule has 1 saturated heterocycles. The number of hydrogen-bond donors (Lipinski definition) is 2. The Kier molecular flexibility index (Phi) is 5.86. The van der Waals surface area contributed by atoms with E-state index in [0.717, 1.165) is 11.5 Å². The van der Waals surface area contributed by atoms with Gasteiger partial charge in [-0.25, -0.2) is 13.2 Å². The summed E-state index contributed by atoms with van der Waals surface area (Å²) in [5.41, 5.74) is 1.30. The number of hydrogen-bond acceptors (Lipinski definition) is 4. The minimum absolute atomic E-state index is 0.0518. The number of fused-ring (bicyclic) bond motifs is 1. The molecule has 0 aromatic heterocycles. The lowest BCUT2D eigenvalue weighted by Gasteiger charge is -2.12. The van der Waals surface area contributed by atoms with Gasteiger partial charge in [0.1, 0.15) is 0 Å². The predicted octanol–water partition coefficient (Wildman–Crippen LogP) is 2.56. The van der Waals surface area contributed by atoms with Crippen molar-refractivity contribution >= 4 is 38.4 Å². The molecule has 0 saturated carbocycles. The van der Waals surface area contributed by atoms with E-state index in [0.29, 0.717) is 13.0 Å². The molecule has 1 aliphatic rings. The molecule has 2 aromatic rings. The molecule has 0 unspecified atom stereocenters. The highest BCUT2D eigenvalue weighted by atomic mass is 32.2. The van der Waals surface area contributed by atoms with Crippen LogP contribution in [0.1, 0.15) is 12.0 Å². The normalized spacial score (nSPS) is 19.0. The second-order valence-corrected chi connectivity index (χ2v) is 9.52. The molecule has 1 atom stereocenters. The van der Waals surface area contributed by atoms with E-state index < -0.39 is 9.84 Å². The Morgan fingerprint density at radius 3 is 2.76 bits per heavy atom. The highest BCUT2D eigenvalue weighted by Crippen LogP contribution is 2.22. The third-order valence-corrected chi connectivity index (χ3v) is 7.01. The molecule has 25 heavy (non-hydrogen) atoms. The number of benzene rings is 2. The van der Waals surface area contributed by atoms with Gasteiger partial charge >= 0.3 is 6.03 Å². The van der Waals surface area contributed by atoms with Gasteiger partial charge in [0.15, 0.2) is 9.84 Å². The fourth-order valence-electron chi connectivity index (χ4n) is 2.98. The summed E-state index contributed by atoms with van der Waals surface area (Å²) in [6.07, 6.45) is 0.506. The molecule has 7 heteroatoms. The van der Waals surface area contributed by atoms with Crippen LogP contribution in [0.5, 0.6) is 0 Å². The molecule has 2 aromatic carbocycles. The summed E-state index contributed by atoms with van der Waals surface area (Å²) in [6.45, 7) is 0.556. The summed E-state index contributed by atoms with van der Waals surface area (Å²) >= 11 is 1.77. The largest absolute Gasteiger partial charge is 0.337 e. The maximum absolute atomic E-state index is 11.8. The number of rotatable bonds is 6. The van der Waals surface area contributed by atoms with Crippen LogP contribution in [-0.2, 0) is 15.6 Å². The van der Waals surface area contributed by atoms with Crippen LogP contribution in [-0.4, -0.2) is 44.3 Å². The summed E-state index contributed by atoms with van der Waals surface area (Å²) in [7, 11) is -2.97. The molecule has 5 nitrogen and oxygen atoms in total. The van der Waals surface area contributed by atoms with E-state index in [1.54, 1.807) is 11.8 Å². The Labute approximate surface area is 152 Å². The second kappa shape index (κ2) is 8.10. The van der Waals surface area contributed by atoms with Crippen LogP contribution in [0, 0.1) is 0 Å². The monoisotopic (exact) mass is 378 g/mol. The van der Waals surface area contributed by atoms with Gasteiger partial charge in [-0.15, -0.1) is 0 Å². The Morgan fingerprint density at radius 2 is 1.96 bits per heavy atom. The first-order valence-corrected chi connectivity index (χ1v) is 11.3. The topological polar surface area (TPSA) is 75.3 Å². The number of carbonyl (C=O) groups excluding carboxylic acids is 1. The maximum Gasteiger partial charge on any atom is 0.315 e. The van der Waals surface area contributed by atoms with Crippen LogP contribution in [0.25, 0.3) is 10.8 Å². The molecule has 1 aliphatic heterocycles. The summed E-state index contributed by atoms with van der Waals surface area (Å²) in [6, 6.07) is 14.1.